The van der Waals surface area contributed by atoms with Crippen LogP contribution in [0, 0.1) is 50.7 Å². The number of aliphatic hydroxyl groups excluding tert-OH is 1. The van der Waals surface area contributed by atoms with Gasteiger partial charge in [-0.25, -0.2) is 0 Å². The van der Waals surface area contributed by atoms with Crippen molar-refractivity contribution in [2.45, 2.75) is 118 Å². The third-order valence-electron chi connectivity index (χ3n) is 13.1. The number of carbonyl (C=O) groups excluding carboxylic acids is 1. The quantitative estimate of drug-likeness (QED) is 0.454. The maximum atomic E-state index is 12.2. The van der Waals surface area contributed by atoms with Gasteiger partial charge in [0.2, 0.25) is 0 Å². The first-order valence-corrected chi connectivity index (χ1v) is 13.7. The molecule has 0 bridgehead atoms. The normalized spacial score (nSPS) is 51.6. The topological polar surface area (TPSA) is 37.3 Å². The average molecular weight is 441 g/mol. The Morgan fingerprint density at radius 3 is 2.28 bits per heavy atom. The van der Waals surface area contributed by atoms with Crippen molar-refractivity contribution in [1.29, 1.82) is 0 Å². The van der Waals surface area contributed by atoms with Gasteiger partial charge in [-0.15, -0.1) is 0 Å². The fourth-order valence-electron chi connectivity index (χ4n) is 11.1. The Hall–Kier alpha value is -0.630. The molecular weight excluding hydrogens is 392 g/mol. The number of allylic oxidation sites excluding steroid dienone is 1. The molecule has 0 radical (unpaired) electrons. The van der Waals surface area contributed by atoms with Crippen molar-refractivity contribution in [3.8, 4) is 0 Å². The minimum atomic E-state index is -0.115. The number of ketones is 1. The Morgan fingerprint density at radius 2 is 1.59 bits per heavy atom. The molecule has 0 aromatic rings. The summed E-state index contributed by atoms with van der Waals surface area (Å²) in [6.07, 6.45) is 13.6. The second-order valence-electron chi connectivity index (χ2n) is 14.2. The van der Waals surface area contributed by atoms with Crippen LogP contribution in [0.2, 0.25) is 0 Å². The minimum Gasteiger partial charge on any atom is -0.393 e. The van der Waals surface area contributed by atoms with Gasteiger partial charge < -0.3 is 5.11 Å². The molecule has 0 aliphatic heterocycles. The third-order valence-corrected chi connectivity index (χ3v) is 13.1. The Kier molecular flexibility index (Phi) is 5.03. The Morgan fingerprint density at radius 1 is 0.938 bits per heavy atom. The van der Waals surface area contributed by atoms with Crippen LogP contribution in [0.4, 0.5) is 0 Å². The standard InChI is InChI=1S/C30H48O2/c1-19(2)22(31)9-8-20(3)21-12-14-28(7)24-11-10-23-26(4,5)25(32)13-15-29(23)18-30(24,29)17-16-27(21,28)6/h20-21,23-25,32H,1,8-18H2,2-7H3/t20-,21-,23+,24+,25+,27-,28+,29-,30+/m1/s1. The molecule has 1 N–H and O–H groups in total. The summed E-state index contributed by atoms with van der Waals surface area (Å²) in [6.45, 7) is 18.2. The first kappa shape index (κ1) is 23.1. The maximum absolute atomic E-state index is 12.2. The van der Waals surface area contributed by atoms with Gasteiger partial charge in [0.05, 0.1) is 6.10 Å². The largest absolute Gasteiger partial charge is 0.393 e. The summed E-state index contributed by atoms with van der Waals surface area (Å²) >= 11 is 0. The molecule has 5 aliphatic rings. The van der Waals surface area contributed by atoms with Crippen LogP contribution in [0.3, 0.4) is 0 Å². The van der Waals surface area contributed by atoms with Crippen molar-refractivity contribution in [2.75, 3.05) is 0 Å². The van der Waals surface area contributed by atoms with Gasteiger partial charge in [0.25, 0.3) is 0 Å². The number of fused-ring (bicyclic) bond motifs is 2. The van der Waals surface area contributed by atoms with E-state index in [0.717, 1.165) is 30.3 Å². The molecule has 0 heterocycles. The van der Waals surface area contributed by atoms with Crippen LogP contribution in [-0.4, -0.2) is 17.0 Å². The van der Waals surface area contributed by atoms with E-state index in [2.05, 4.69) is 41.2 Å². The number of rotatable bonds is 5. The molecule has 180 valence electrons. The fourth-order valence-corrected chi connectivity index (χ4v) is 11.1. The minimum absolute atomic E-state index is 0.0803. The maximum Gasteiger partial charge on any atom is 0.157 e. The highest BCUT2D eigenvalue weighted by atomic mass is 16.3. The molecule has 0 aromatic carbocycles. The summed E-state index contributed by atoms with van der Waals surface area (Å²) in [6, 6.07) is 0. The summed E-state index contributed by atoms with van der Waals surface area (Å²) in [5.74, 6) is 3.20. The molecule has 0 saturated heterocycles. The molecule has 5 fully saturated rings. The van der Waals surface area contributed by atoms with Crippen molar-refractivity contribution in [3.05, 3.63) is 12.2 Å². The predicted octanol–water partition coefficient (Wildman–Crippen LogP) is 7.35. The molecule has 9 atom stereocenters. The van der Waals surface area contributed by atoms with E-state index in [0.29, 0.717) is 39.9 Å². The molecular formula is C30H48O2. The number of Topliss-reactive ketones (excluding diaryl/α,β-unsaturated/α-hetero) is 1. The van der Waals surface area contributed by atoms with Crippen molar-refractivity contribution in [3.63, 3.8) is 0 Å². The highest BCUT2D eigenvalue weighted by Gasteiger charge is 2.82. The van der Waals surface area contributed by atoms with E-state index in [1.54, 1.807) is 0 Å². The van der Waals surface area contributed by atoms with E-state index in [9.17, 15) is 9.90 Å². The van der Waals surface area contributed by atoms with Gasteiger partial charge in [0.1, 0.15) is 0 Å². The predicted molar refractivity (Wildman–Crippen MR) is 131 cm³/mol. The summed E-state index contributed by atoms with van der Waals surface area (Å²) < 4.78 is 0. The zero-order valence-electron chi connectivity index (χ0n) is 21.7. The molecule has 2 spiro atoms. The molecule has 0 unspecified atom stereocenters. The molecule has 5 saturated carbocycles. The summed E-state index contributed by atoms with van der Waals surface area (Å²) in [5.41, 5.74) is 2.75. The second-order valence-corrected chi connectivity index (χ2v) is 14.2. The Bertz CT molecular complexity index is 827. The lowest BCUT2D eigenvalue weighted by molar-refractivity contribution is -0.161. The SMILES string of the molecule is C=C(C)C(=O)CC[C@@H](C)[C@H]1CC[C@@]2(C)[C@@H]3CC[C@H]4C(C)(C)[C@@H](O)CC[C@@]45C[C@@]35CC[C@]12C. The van der Waals surface area contributed by atoms with Crippen LogP contribution >= 0.6 is 0 Å². The zero-order valence-corrected chi connectivity index (χ0v) is 21.7. The first-order chi connectivity index (χ1) is 14.9. The zero-order chi connectivity index (χ0) is 23.3. The molecule has 0 amide bonds. The van der Waals surface area contributed by atoms with Gasteiger partial charge >= 0.3 is 0 Å². The first-order valence-electron chi connectivity index (χ1n) is 13.7. The molecule has 2 heteroatoms. The van der Waals surface area contributed by atoms with E-state index in [-0.39, 0.29) is 17.3 Å². The van der Waals surface area contributed by atoms with Gasteiger partial charge in [0.15, 0.2) is 5.78 Å². The second kappa shape index (κ2) is 6.96. The highest BCUT2D eigenvalue weighted by Crippen LogP contribution is 2.89. The lowest BCUT2D eigenvalue weighted by atomic mass is 9.41. The van der Waals surface area contributed by atoms with Crippen LogP contribution in [0.5, 0.6) is 0 Å². The Balaban J connectivity index is 1.39. The number of aliphatic hydroxyl groups is 1. The van der Waals surface area contributed by atoms with E-state index in [1.807, 2.05) is 6.92 Å². The number of hydrogen-bond donors (Lipinski definition) is 1. The fraction of sp³-hybridized carbons (Fsp3) is 0.900. The van der Waals surface area contributed by atoms with E-state index in [1.165, 1.54) is 51.4 Å². The number of carbonyl (C=O) groups is 1. The summed E-state index contributed by atoms with van der Waals surface area (Å²) in [7, 11) is 0. The average Bonchev–Trinajstić information content (AvgIpc) is 3.31. The van der Waals surface area contributed by atoms with Gasteiger partial charge in [-0.3, -0.25) is 4.79 Å². The molecule has 32 heavy (non-hydrogen) atoms. The number of hydrogen-bond acceptors (Lipinski definition) is 2. The van der Waals surface area contributed by atoms with Crippen LogP contribution in [0.25, 0.3) is 0 Å². The van der Waals surface area contributed by atoms with Crippen LogP contribution in [0.15, 0.2) is 12.2 Å². The third kappa shape index (κ3) is 2.65. The van der Waals surface area contributed by atoms with E-state index < -0.39 is 0 Å². The summed E-state index contributed by atoms with van der Waals surface area (Å²) in [5, 5.41) is 10.8. The van der Waals surface area contributed by atoms with Gasteiger partial charge in [-0.1, -0.05) is 41.2 Å². The van der Waals surface area contributed by atoms with Gasteiger partial charge in [-0.05, 0) is 127 Å². The highest BCUT2D eigenvalue weighted by molar-refractivity contribution is 5.94. The van der Waals surface area contributed by atoms with Gasteiger partial charge in [-0.2, -0.15) is 0 Å². The Labute approximate surface area is 197 Å². The van der Waals surface area contributed by atoms with E-state index in [4.69, 9.17) is 0 Å². The lowest BCUT2D eigenvalue weighted by Gasteiger charge is -2.63. The van der Waals surface area contributed by atoms with Crippen molar-refractivity contribution >= 4 is 5.78 Å². The van der Waals surface area contributed by atoms with Crippen molar-refractivity contribution in [1.82, 2.24) is 0 Å². The van der Waals surface area contributed by atoms with Crippen LogP contribution in [-0.2, 0) is 4.79 Å². The lowest BCUT2D eigenvalue weighted by Crippen LogP contribution is -2.57. The summed E-state index contributed by atoms with van der Waals surface area (Å²) in [4.78, 5) is 12.2. The van der Waals surface area contributed by atoms with E-state index >= 15 is 0 Å². The monoisotopic (exact) mass is 440 g/mol. The van der Waals surface area contributed by atoms with Crippen molar-refractivity contribution in [2.24, 2.45) is 50.7 Å². The van der Waals surface area contributed by atoms with Crippen LogP contribution in [0.1, 0.15) is 112 Å². The molecule has 5 aliphatic carbocycles. The smallest absolute Gasteiger partial charge is 0.157 e. The van der Waals surface area contributed by atoms with Gasteiger partial charge in [0, 0.05) is 6.42 Å². The molecule has 5 rings (SSSR count). The van der Waals surface area contributed by atoms with Crippen LogP contribution < -0.4 is 0 Å². The molecule has 0 aromatic heterocycles. The molecule has 2 nitrogen and oxygen atoms in total. The van der Waals surface area contributed by atoms with Crippen molar-refractivity contribution < 1.29 is 9.90 Å².